The summed E-state index contributed by atoms with van der Waals surface area (Å²) in [6, 6.07) is 15.5. The molecular weight excluding hydrogens is 347 g/mol. The fraction of sp³-hybridized carbons (Fsp3) is 0.0588. The molecule has 5 heteroatoms. The summed E-state index contributed by atoms with van der Waals surface area (Å²) in [5, 5.41) is 3.73. The van der Waals surface area contributed by atoms with Crippen molar-refractivity contribution in [2.45, 2.75) is 6.54 Å². The Labute approximate surface area is 135 Å². The van der Waals surface area contributed by atoms with Crippen LogP contribution in [0.25, 0.3) is 10.9 Å². The van der Waals surface area contributed by atoms with Crippen LogP contribution in [0.5, 0.6) is 0 Å². The molecule has 3 aromatic rings. The molecule has 22 heavy (non-hydrogen) atoms. The molecule has 0 fully saturated rings. The van der Waals surface area contributed by atoms with Crippen molar-refractivity contribution in [2.24, 2.45) is 0 Å². The molecule has 3 nitrogen and oxygen atoms in total. The van der Waals surface area contributed by atoms with Gasteiger partial charge in [-0.1, -0.05) is 40.2 Å². The zero-order valence-corrected chi connectivity index (χ0v) is 13.1. The van der Waals surface area contributed by atoms with Crippen molar-refractivity contribution < 1.29 is 9.18 Å². The number of pyridine rings is 1. The molecular formula is C17H12BrFN2O. The smallest absolute Gasteiger partial charge is 0.270 e. The van der Waals surface area contributed by atoms with Crippen molar-refractivity contribution in [1.82, 2.24) is 10.3 Å². The highest BCUT2D eigenvalue weighted by atomic mass is 79.9. The van der Waals surface area contributed by atoms with E-state index in [1.54, 1.807) is 12.1 Å². The van der Waals surface area contributed by atoms with Gasteiger partial charge >= 0.3 is 0 Å². The second-order valence-electron chi connectivity index (χ2n) is 4.81. The minimum atomic E-state index is -0.337. The van der Waals surface area contributed by atoms with Gasteiger partial charge < -0.3 is 5.32 Å². The van der Waals surface area contributed by atoms with Crippen molar-refractivity contribution in [2.75, 3.05) is 0 Å². The summed E-state index contributed by atoms with van der Waals surface area (Å²) < 4.78 is 14.0. The molecule has 0 saturated carbocycles. The van der Waals surface area contributed by atoms with Crippen LogP contribution in [0.1, 0.15) is 16.1 Å². The van der Waals surface area contributed by atoms with Gasteiger partial charge in [-0.3, -0.25) is 4.79 Å². The molecule has 0 bridgehead atoms. The third-order valence-corrected chi connectivity index (χ3v) is 4.05. The molecule has 2 aromatic carbocycles. The zero-order valence-electron chi connectivity index (χ0n) is 11.5. The van der Waals surface area contributed by atoms with E-state index in [0.717, 1.165) is 15.4 Å². The minimum Gasteiger partial charge on any atom is -0.347 e. The number of nitrogens with one attached hydrogen (secondary N) is 1. The molecule has 0 atom stereocenters. The van der Waals surface area contributed by atoms with E-state index in [1.807, 2.05) is 30.3 Å². The Morgan fingerprint density at radius 3 is 2.82 bits per heavy atom. The highest BCUT2D eigenvalue weighted by Gasteiger charge is 2.09. The number of amides is 1. The van der Waals surface area contributed by atoms with Gasteiger partial charge in [-0.25, -0.2) is 9.37 Å². The number of nitrogens with zero attached hydrogens (tertiary/aromatic N) is 1. The van der Waals surface area contributed by atoms with Crippen LogP contribution in [-0.4, -0.2) is 10.9 Å². The van der Waals surface area contributed by atoms with E-state index in [4.69, 9.17) is 0 Å². The first-order valence-electron chi connectivity index (χ1n) is 6.71. The van der Waals surface area contributed by atoms with E-state index in [2.05, 4.69) is 26.2 Å². The summed E-state index contributed by atoms with van der Waals surface area (Å²) in [5.74, 6) is -0.627. The van der Waals surface area contributed by atoms with Crippen molar-refractivity contribution in [3.63, 3.8) is 0 Å². The van der Waals surface area contributed by atoms with E-state index >= 15 is 0 Å². The highest BCUT2D eigenvalue weighted by Crippen LogP contribution is 2.18. The van der Waals surface area contributed by atoms with Crippen LogP contribution in [-0.2, 0) is 6.54 Å². The van der Waals surface area contributed by atoms with Gasteiger partial charge in [0.1, 0.15) is 11.5 Å². The summed E-state index contributed by atoms with van der Waals surface area (Å²) in [5.41, 5.74) is 1.78. The summed E-state index contributed by atoms with van der Waals surface area (Å²) >= 11 is 3.34. The Morgan fingerprint density at radius 1 is 1.14 bits per heavy atom. The molecule has 0 unspecified atom stereocenters. The third-order valence-electron chi connectivity index (χ3n) is 3.28. The number of para-hydroxylation sites is 1. The van der Waals surface area contributed by atoms with Gasteiger partial charge in [0.25, 0.3) is 5.91 Å². The maximum atomic E-state index is 13.2. The summed E-state index contributed by atoms with van der Waals surface area (Å²) in [6.07, 6.45) is 0. The lowest BCUT2D eigenvalue weighted by Crippen LogP contribution is -2.24. The molecule has 0 aliphatic rings. The maximum Gasteiger partial charge on any atom is 0.270 e. The Morgan fingerprint density at radius 2 is 1.95 bits per heavy atom. The van der Waals surface area contributed by atoms with E-state index in [0.29, 0.717) is 11.3 Å². The molecule has 0 aliphatic heterocycles. The molecule has 0 aliphatic carbocycles. The first-order valence-corrected chi connectivity index (χ1v) is 7.51. The van der Waals surface area contributed by atoms with Crippen LogP contribution in [0.3, 0.4) is 0 Å². The maximum absolute atomic E-state index is 13.2. The van der Waals surface area contributed by atoms with Crippen LogP contribution >= 0.6 is 15.9 Å². The number of carbonyl (C=O) groups is 1. The third kappa shape index (κ3) is 3.14. The van der Waals surface area contributed by atoms with Crippen LogP contribution in [0.2, 0.25) is 0 Å². The van der Waals surface area contributed by atoms with E-state index in [9.17, 15) is 9.18 Å². The molecule has 110 valence electrons. The van der Waals surface area contributed by atoms with Crippen LogP contribution in [0, 0.1) is 5.82 Å². The topological polar surface area (TPSA) is 42.0 Å². The molecule has 3 rings (SSSR count). The van der Waals surface area contributed by atoms with Gasteiger partial charge in [-0.05, 0) is 35.9 Å². The average Bonchev–Trinajstić information content (AvgIpc) is 2.55. The monoisotopic (exact) mass is 358 g/mol. The Hall–Kier alpha value is -2.27. The first-order chi connectivity index (χ1) is 10.6. The molecule has 0 spiro atoms. The number of hydrogen-bond acceptors (Lipinski definition) is 2. The second-order valence-corrected chi connectivity index (χ2v) is 5.66. The summed E-state index contributed by atoms with van der Waals surface area (Å²) in [4.78, 5) is 16.5. The largest absolute Gasteiger partial charge is 0.347 e. The van der Waals surface area contributed by atoms with Gasteiger partial charge in [0.2, 0.25) is 0 Å². The number of hydrogen-bond donors (Lipinski definition) is 1. The Bertz CT molecular complexity index is 851. The van der Waals surface area contributed by atoms with Crippen molar-refractivity contribution >= 4 is 32.7 Å². The molecule has 1 amide bonds. The van der Waals surface area contributed by atoms with E-state index < -0.39 is 0 Å². The van der Waals surface area contributed by atoms with Crippen molar-refractivity contribution in [3.8, 4) is 0 Å². The highest BCUT2D eigenvalue weighted by molar-refractivity contribution is 9.10. The van der Waals surface area contributed by atoms with E-state index in [-0.39, 0.29) is 18.3 Å². The number of fused-ring (bicyclic) bond motifs is 1. The summed E-state index contributed by atoms with van der Waals surface area (Å²) in [7, 11) is 0. The van der Waals surface area contributed by atoms with Gasteiger partial charge in [-0.2, -0.15) is 0 Å². The zero-order chi connectivity index (χ0) is 15.5. The van der Waals surface area contributed by atoms with Crippen molar-refractivity contribution in [1.29, 1.82) is 0 Å². The van der Waals surface area contributed by atoms with E-state index in [1.165, 1.54) is 12.1 Å². The molecule has 0 radical (unpaired) electrons. The molecule has 1 aromatic heterocycles. The van der Waals surface area contributed by atoms with Crippen LogP contribution < -0.4 is 5.32 Å². The molecule has 1 N–H and O–H groups in total. The molecule has 1 heterocycles. The number of aromatic nitrogens is 1. The van der Waals surface area contributed by atoms with Gasteiger partial charge in [-0.15, -0.1) is 0 Å². The number of carbonyl (C=O) groups excluding carboxylic acids is 1. The lowest BCUT2D eigenvalue weighted by atomic mass is 10.2. The SMILES string of the molecule is O=C(NCc1cc(F)ccc1Br)c1ccc2ccccc2n1. The number of rotatable bonds is 3. The first kappa shape index (κ1) is 14.7. The Kier molecular flexibility index (Phi) is 4.15. The van der Waals surface area contributed by atoms with Gasteiger partial charge in [0.05, 0.1) is 5.52 Å². The fourth-order valence-corrected chi connectivity index (χ4v) is 2.52. The molecule has 0 saturated heterocycles. The lowest BCUT2D eigenvalue weighted by Gasteiger charge is -2.07. The summed E-state index contributed by atoms with van der Waals surface area (Å²) in [6.45, 7) is 0.228. The van der Waals surface area contributed by atoms with Crippen molar-refractivity contribution in [3.05, 3.63) is 76.1 Å². The number of benzene rings is 2. The Balaban J connectivity index is 1.77. The van der Waals surface area contributed by atoms with Crippen LogP contribution in [0.15, 0.2) is 59.1 Å². The fourth-order valence-electron chi connectivity index (χ4n) is 2.14. The average molecular weight is 359 g/mol. The normalized spacial score (nSPS) is 10.6. The quantitative estimate of drug-likeness (QED) is 0.766. The van der Waals surface area contributed by atoms with Crippen LogP contribution in [0.4, 0.5) is 4.39 Å². The van der Waals surface area contributed by atoms with Gasteiger partial charge in [0.15, 0.2) is 0 Å². The minimum absolute atomic E-state index is 0.228. The lowest BCUT2D eigenvalue weighted by molar-refractivity contribution is 0.0946. The predicted octanol–water partition coefficient (Wildman–Crippen LogP) is 4.07. The standard InChI is InChI=1S/C17H12BrFN2O/c18-14-7-6-13(19)9-12(14)10-20-17(22)16-8-5-11-3-1-2-4-15(11)21-16/h1-9H,10H2,(H,20,22). The van der Waals surface area contributed by atoms with Gasteiger partial charge in [0, 0.05) is 16.4 Å². The number of halogens is 2. The second kappa shape index (κ2) is 6.23. The predicted molar refractivity (Wildman–Crippen MR) is 87.0 cm³/mol.